The molecule has 5 nitrogen and oxygen atoms in total. The molecule has 0 bridgehead atoms. The van der Waals surface area contributed by atoms with Gasteiger partial charge < -0.3 is 16.2 Å². The number of benzene rings is 1. The van der Waals surface area contributed by atoms with Gasteiger partial charge in [-0.15, -0.1) is 0 Å². The van der Waals surface area contributed by atoms with Crippen molar-refractivity contribution in [1.29, 1.82) is 0 Å². The molecule has 0 saturated carbocycles. The number of carboxylic acids is 1. The zero-order valence-electron chi connectivity index (χ0n) is 9.22. The maximum atomic E-state index is 11.1. The Labute approximate surface area is 108 Å². The van der Waals surface area contributed by atoms with E-state index in [4.69, 9.17) is 22.4 Å². The Morgan fingerprint density at radius 1 is 1.39 bits per heavy atom. The fourth-order valence-corrected chi connectivity index (χ4v) is 1.64. The summed E-state index contributed by atoms with van der Waals surface area (Å²) in [6.07, 6.45) is 1.39. The van der Waals surface area contributed by atoms with Gasteiger partial charge in [0.1, 0.15) is 11.4 Å². The van der Waals surface area contributed by atoms with Crippen LogP contribution >= 0.6 is 11.6 Å². The summed E-state index contributed by atoms with van der Waals surface area (Å²) in [6.45, 7) is 0. The number of hydrogen-bond donors (Lipinski definition) is 3. The maximum Gasteiger partial charge on any atom is 0.339 e. The Bertz CT molecular complexity index is 602. The average molecular weight is 264 g/mol. The molecule has 0 atom stereocenters. The van der Waals surface area contributed by atoms with E-state index >= 15 is 0 Å². The van der Waals surface area contributed by atoms with Gasteiger partial charge in [-0.25, -0.2) is 9.78 Å². The van der Waals surface area contributed by atoms with E-state index in [0.29, 0.717) is 16.4 Å². The molecule has 92 valence electrons. The highest BCUT2D eigenvalue weighted by Gasteiger charge is 2.12. The van der Waals surface area contributed by atoms with Gasteiger partial charge in [-0.1, -0.05) is 17.7 Å². The van der Waals surface area contributed by atoms with Gasteiger partial charge in [-0.05, 0) is 24.3 Å². The van der Waals surface area contributed by atoms with Crippen LogP contribution in [0.2, 0.25) is 5.02 Å². The topological polar surface area (TPSA) is 88.2 Å². The Kier molecular flexibility index (Phi) is 3.34. The lowest BCUT2D eigenvalue weighted by Gasteiger charge is -2.09. The van der Waals surface area contributed by atoms with Crippen LogP contribution in [0.25, 0.3) is 0 Å². The second-order valence-corrected chi connectivity index (χ2v) is 4.04. The van der Waals surface area contributed by atoms with Crippen LogP contribution in [-0.4, -0.2) is 16.1 Å². The van der Waals surface area contributed by atoms with E-state index < -0.39 is 5.97 Å². The molecule has 0 radical (unpaired) electrons. The van der Waals surface area contributed by atoms with Crippen molar-refractivity contribution in [3.63, 3.8) is 0 Å². The van der Waals surface area contributed by atoms with Crippen molar-refractivity contribution in [3.05, 3.63) is 47.1 Å². The quantitative estimate of drug-likeness (QED) is 0.792. The minimum absolute atomic E-state index is 0.00924. The fraction of sp³-hybridized carbons (Fsp3) is 0. The molecule has 0 spiro atoms. The van der Waals surface area contributed by atoms with Crippen LogP contribution in [0.1, 0.15) is 10.4 Å². The van der Waals surface area contributed by atoms with E-state index in [1.54, 1.807) is 24.3 Å². The molecule has 0 amide bonds. The number of hydrogen-bond acceptors (Lipinski definition) is 4. The molecule has 18 heavy (non-hydrogen) atoms. The smallest absolute Gasteiger partial charge is 0.339 e. The summed E-state index contributed by atoms with van der Waals surface area (Å²) in [6, 6.07) is 8.26. The summed E-state index contributed by atoms with van der Waals surface area (Å²) >= 11 is 5.84. The monoisotopic (exact) mass is 263 g/mol. The summed E-state index contributed by atoms with van der Waals surface area (Å²) in [5.74, 6) is -0.877. The number of aromatic nitrogens is 1. The van der Waals surface area contributed by atoms with E-state index in [0.717, 1.165) is 0 Å². The van der Waals surface area contributed by atoms with E-state index in [9.17, 15) is 4.79 Å². The number of carbonyl (C=O) groups is 1. The zero-order chi connectivity index (χ0) is 13.1. The second kappa shape index (κ2) is 4.93. The molecule has 6 heteroatoms. The van der Waals surface area contributed by atoms with Gasteiger partial charge in [-0.3, -0.25) is 0 Å². The lowest BCUT2D eigenvalue weighted by Crippen LogP contribution is -2.06. The molecular weight excluding hydrogens is 254 g/mol. The molecule has 0 aliphatic rings. The molecule has 1 aromatic heterocycles. The number of nitrogens with zero attached hydrogens (tertiary/aromatic N) is 1. The number of rotatable bonds is 3. The first-order valence-electron chi connectivity index (χ1n) is 5.07. The highest BCUT2D eigenvalue weighted by Crippen LogP contribution is 2.22. The molecule has 1 aromatic carbocycles. The minimum atomic E-state index is -1.10. The third-order valence-corrected chi connectivity index (χ3v) is 2.46. The predicted octanol–water partition coefficient (Wildman–Crippen LogP) is 2.76. The number of halogens is 1. The van der Waals surface area contributed by atoms with Crippen LogP contribution in [0.15, 0.2) is 36.5 Å². The first kappa shape index (κ1) is 12.2. The van der Waals surface area contributed by atoms with Gasteiger partial charge in [0.15, 0.2) is 0 Å². The highest BCUT2D eigenvalue weighted by atomic mass is 35.5. The summed E-state index contributed by atoms with van der Waals surface area (Å²) in [7, 11) is 0. The van der Waals surface area contributed by atoms with E-state index in [2.05, 4.69) is 10.3 Å². The summed E-state index contributed by atoms with van der Waals surface area (Å²) in [5, 5.41) is 12.5. The molecule has 2 aromatic rings. The van der Waals surface area contributed by atoms with Crippen molar-refractivity contribution >= 4 is 34.8 Å². The second-order valence-electron chi connectivity index (χ2n) is 3.61. The van der Waals surface area contributed by atoms with Crippen molar-refractivity contribution in [1.82, 2.24) is 4.98 Å². The van der Waals surface area contributed by atoms with Gasteiger partial charge in [0.05, 0.1) is 11.9 Å². The van der Waals surface area contributed by atoms with Gasteiger partial charge in [0, 0.05) is 10.7 Å². The summed E-state index contributed by atoms with van der Waals surface area (Å²) in [5.41, 5.74) is 6.47. The predicted molar refractivity (Wildman–Crippen MR) is 70.3 cm³/mol. The number of anilines is 3. The van der Waals surface area contributed by atoms with Crippen molar-refractivity contribution in [2.45, 2.75) is 0 Å². The molecule has 0 aliphatic heterocycles. The zero-order valence-corrected chi connectivity index (χ0v) is 9.98. The number of nitrogens with two attached hydrogens (primary N) is 1. The third kappa shape index (κ3) is 2.70. The average Bonchev–Trinajstić information content (AvgIpc) is 2.31. The first-order chi connectivity index (χ1) is 8.56. The molecule has 2 rings (SSSR count). The minimum Gasteiger partial charge on any atom is -0.478 e. The number of nitrogens with one attached hydrogen (secondary N) is 1. The van der Waals surface area contributed by atoms with Crippen LogP contribution in [0, 0.1) is 0 Å². The number of carboxylic acid groups (broad SMARTS) is 1. The molecule has 1 heterocycles. The SMILES string of the molecule is Nc1cnc(Nc2cccc(Cl)c2)c(C(=O)O)c1. The van der Waals surface area contributed by atoms with Crippen LogP contribution in [-0.2, 0) is 0 Å². The van der Waals surface area contributed by atoms with Crippen molar-refractivity contribution in [2.24, 2.45) is 0 Å². The molecule has 0 fully saturated rings. The first-order valence-corrected chi connectivity index (χ1v) is 5.45. The van der Waals surface area contributed by atoms with Crippen LogP contribution < -0.4 is 11.1 Å². The number of nitrogen functional groups attached to an aromatic ring is 1. The van der Waals surface area contributed by atoms with Crippen LogP contribution in [0.4, 0.5) is 17.2 Å². The third-order valence-electron chi connectivity index (χ3n) is 2.23. The fourth-order valence-electron chi connectivity index (χ4n) is 1.45. The highest BCUT2D eigenvalue weighted by molar-refractivity contribution is 6.30. The maximum absolute atomic E-state index is 11.1. The van der Waals surface area contributed by atoms with E-state index in [1.165, 1.54) is 12.3 Å². The standard InChI is InChI=1S/C12H10ClN3O2/c13-7-2-1-3-9(4-7)16-11-10(12(17)18)5-8(14)6-15-11/h1-6H,14H2,(H,15,16)(H,17,18). The lowest BCUT2D eigenvalue weighted by molar-refractivity contribution is 0.0697. The van der Waals surface area contributed by atoms with Gasteiger partial charge in [-0.2, -0.15) is 0 Å². The number of aromatic carboxylic acids is 1. The Morgan fingerprint density at radius 2 is 2.17 bits per heavy atom. The lowest BCUT2D eigenvalue weighted by atomic mass is 10.2. The Hall–Kier alpha value is -2.27. The van der Waals surface area contributed by atoms with E-state index in [1.807, 2.05) is 0 Å². The van der Waals surface area contributed by atoms with Crippen molar-refractivity contribution in [2.75, 3.05) is 11.1 Å². The Balaban J connectivity index is 2.37. The van der Waals surface area contributed by atoms with Gasteiger partial charge >= 0.3 is 5.97 Å². The van der Waals surface area contributed by atoms with Gasteiger partial charge in [0.2, 0.25) is 0 Å². The normalized spacial score (nSPS) is 10.1. The van der Waals surface area contributed by atoms with E-state index in [-0.39, 0.29) is 11.4 Å². The molecule has 0 aliphatic carbocycles. The summed E-state index contributed by atoms with van der Waals surface area (Å²) in [4.78, 5) is 15.0. The van der Waals surface area contributed by atoms with Crippen molar-refractivity contribution < 1.29 is 9.90 Å². The summed E-state index contributed by atoms with van der Waals surface area (Å²) < 4.78 is 0. The van der Waals surface area contributed by atoms with Gasteiger partial charge in [0.25, 0.3) is 0 Å². The number of pyridine rings is 1. The molecule has 0 saturated heterocycles. The Morgan fingerprint density at radius 3 is 2.83 bits per heavy atom. The largest absolute Gasteiger partial charge is 0.478 e. The molecule has 4 N–H and O–H groups in total. The van der Waals surface area contributed by atoms with Crippen LogP contribution in [0.3, 0.4) is 0 Å². The van der Waals surface area contributed by atoms with Crippen molar-refractivity contribution in [3.8, 4) is 0 Å². The molecule has 0 unspecified atom stereocenters. The molecular formula is C12H10ClN3O2. The van der Waals surface area contributed by atoms with Crippen LogP contribution in [0.5, 0.6) is 0 Å².